The van der Waals surface area contributed by atoms with Gasteiger partial charge in [-0.2, -0.15) is 0 Å². The van der Waals surface area contributed by atoms with E-state index < -0.39 is 0 Å². The third-order valence-electron chi connectivity index (χ3n) is 2.65. The Hall–Kier alpha value is -1.04. The van der Waals surface area contributed by atoms with Crippen LogP contribution in [0.3, 0.4) is 0 Å². The zero-order chi connectivity index (χ0) is 10.6. The summed E-state index contributed by atoms with van der Waals surface area (Å²) in [5, 5.41) is 0. The molecule has 0 fully saturated rings. The maximum absolute atomic E-state index is 3.84. The van der Waals surface area contributed by atoms with Crippen molar-refractivity contribution in [2.45, 2.75) is 33.1 Å². The molecule has 0 spiro atoms. The lowest BCUT2D eigenvalue weighted by Crippen LogP contribution is -2.17. The molecule has 0 aromatic heterocycles. The molecule has 1 aromatic rings. The summed E-state index contributed by atoms with van der Waals surface area (Å²) in [6, 6.07) is 10.7. The standard InChI is InChI=1S/C14H20/c1-5-9-13(14(2,3)4)12-10-7-6-8-11-12/h5-8,10-11,13H,1,9H2,2-4H3. The van der Waals surface area contributed by atoms with Gasteiger partial charge in [0.05, 0.1) is 0 Å². The predicted molar refractivity (Wildman–Crippen MR) is 63.5 cm³/mol. The fraction of sp³-hybridized carbons (Fsp3) is 0.429. The van der Waals surface area contributed by atoms with Gasteiger partial charge in [-0.15, -0.1) is 6.58 Å². The van der Waals surface area contributed by atoms with Crippen molar-refractivity contribution in [3.05, 3.63) is 48.6 Å². The van der Waals surface area contributed by atoms with Gasteiger partial charge < -0.3 is 0 Å². The van der Waals surface area contributed by atoms with Gasteiger partial charge in [-0.05, 0) is 23.3 Å². The molecule has 0 heterocycles. The van der Waals surface area contributed by atoms with Crippen molar-refractivity contribution in [3.8, 4) is 0 Å². The molecule has 1 atom stereocenters. The molecular formula is C14H20. The first-order valence-electron chi connectivity index (χ1n) is 5.21. The highest BCUT2D eigenvalue weighted by Gasteiger charge is 2.24. The molecule has 0 bridgehead atoms. The van der Waals surface area contributed by atoms with E-state index >= 15 is 0 Å². The van der Waals surface area contributed by atoms with Crippen molar-refractivity contribution in [3.63, 3.8) is 0 Å². The average molecular weight is 188 g/mol. The van der Waals surface area contributed by atoms with Gasteiger partial charge >= 0.3 is 0 Å². The zero-order valence-corrected chi connectivity index (χ0v) is 9.46. The number of benzene rings is 1. The summed E-state index contributed by atoms with van der Waals surface area (Å²) in [5.41, 5.74) is 1.72. The van der Waals surface area contributed by atoms with Crippen molar-refractivity contribution >= 4 is 0 Å². The van der Waals surface area contributed by atoms with Crippen LogP contribution in [0.2, 0.25) is 0 Å². The minimum Gasteiger partial charge on any atom is -0.103 e. The lowest BCUT2D eigenvalue weighted by Gasteiger charge is -2.30. The second kappa shape index (κ2) is 4.45. The molecule has 76 valence electrons. The normalized spacial score (nSPS) is 13.6. The predicted octanol–water partition coefficient (Wildman–Crippen LogP) is 4.39. The Morgan fingerprint density at radius 3 is 2.21 bits per heavy atom. The molecule has 0 amide bonds. The van der Waals surface area contributed by atoms with Crippen LogP contribution in [0.4, 0.5) is 0 Å². The molecule has 14 heavy (non-hydrogen) atoms. The molecule has 1 unspecified atom stereocenters. The Morgan fingerprint density at radius 2 is 1.79 bits per heavy atom. The van der Waals surface area contributed by atoms with E-state index in [1.54, 1.807) is 0 Å². The van der Waals surface area contributed by atoms with Crippen molar-refractivity contribution in [2.24, 2.45) is 5.41 Å². The largest absolute Gasteiger partial charge is 0.103 e. The minimum absolute atomic E-state index is 0.301. The smallest absolute Gasteiger partial charge is 0.00788 e. The summed E-state index contributed by atoms with van der Waals surface area (Å²) in [4.78, 5) is 0. The van der Waals surface area contributed by atoms with Gasteiger partial charge in [-0.1, -0.05) is 57.2 Å². The summed E-state index contributed by atoms with van der Waals surface area (Å²) in [6.07, 6.45) is 3.07. The quantitative estimate of drug-likeness (QED) is 0.617. The van der Waals surface area contributed by atoms with Gasteiger partial charge in [-0.25, -0.2) is 0 Å². The van der Waals surface area contributed by atoms with Crippen LogP contribution < -0.4 is 0 Å². The van der Waals surface area contributed by atoms with E-state index in [1.807, 2.05) is 6.08 Å². The summed E-state index contributed by atoms with van der Waals surface area (Å²) in [6.45, 7) is 10.7. The van der Waals surface area contributed by atoms with Crippen LogP contribution in [0.1, 0.15) is 38.7 Å². The maximum Gasteiger partial charge on any atom is -0.00788 e. The molecule has 1 aromatic carbocycles. The fourth-order valence-corrected chi connectivity index (χ4v) is 1.84. The molecule has 0 aliphatic carbocycles. The molecule has 0 aliphatic heterocycles. The SMILES string of the molecule is C=CCC(c1ccccc1)C(C)(C)C. The van der Waals surface area contributed by atoms with Crippen molar-refractivity contribution in [2.75, 3.05) is 0 Å². The Balaban J connectivity index is 2.95. The van der Waals surface area contributed by atoms with Crippen LogP contribution >= 0.6 is 0 Å². The van der Waals surface area contributed by atoms with E-state index in [0.29, 0.717) is 11.3 Å². The van der Waals surface area contributed by atoms with Crippen LogP contribution in [-0.2, 0) is 0 Å². The van der Waals surface area contributed by atoms with Gasteiger partial charge in [0.1, 0.15) is 0 Å². The van der Waals surface area contributed by atoms with E-state index in [1.165, 1.54) is 5.56 Å². The molecule has 0 saturated carbocycles. The molecule has 0 N–H and O–H groups in total. The van der Waals surface area contributed by atoms with Gasteiger partial charge in [0.2, 0.25) is 0 Å². The Morgan fingerprint density at radius 1 is 1.21 bits per heavy atom. The topological polar surface area (TPSA) is 0 Å². The van der Waals surface area contributed by atoms with Crippen molar-refractivity contribution in [1.29, 1.82) is 0 Å². The second-order valence-corrected chi connectivity index (χ2v) is 4.85. The first-order valence-corrected chi connectivity index (χ1v) is 5.21. The summed E-state index contributed by atoms with van der Waals surface area (Å²) in [7, 11) is 0. The highest BCUT2D eigenvalue weighted by molar-refractivity contribution is 5.22. The van der Waals surface area contributed by atoms with Gasteiger partial charge in [0, 0.05) is 0 Å². The molecule has 0 aliphatic rings. The van der Waals surface area contributed by atoms with Gasteiger partial charge in [0.15, 0.2) is 0 Å². The minimum atomic E-state index is 0.301. The van der Waals surface area contributed by atoms with Crippen LogP contribution in [0.15, 0.2) is 43.0 Å². The first kappa shape index (κ1) is 11.0. The van der Waals surface area contributed by atoms with Gasteiger partial charge in [0.25, 0.3) is 0 Å². The number of allylic oxidation sites excluding steroid dienone is 1. The zero-order valence-electron chi connectivity index (χ0n) is 9.46. The van der Waals surface area contributed by atoms with Crippen LogP contribution in [-0.4, -0.2) is 0 Å². The van der Waals surface area contributed by atoms with Gasteiger partial charge in [-0.3, -0.25) is 0 Å². The summed E-state index contributed by atoms with van der Waals surface area (Å²) < 4.78 is 0. The maximum atomic E-state index is 3.84. The van der Waals surface area contributed by atoms with E-state index in [9.17, 15) is 0 Å². The van der Waals surface area contributed by atoms with E-state index in [4.69, 9.17) is 0 Å². The highest BCUT2D eigenvalue weighted by Crippen LogP contribution is 2.37. The monoisotopic (exact) mass is 188 g/mol. The first-order chi connectivity index (χ1) is 6.55. The average Bonchev–Trinajstić information content (AvgIpc) is 2.14. The number of hydrogen-bond acceptors (Lipinski definition) is 0. The van der Waals surface area contributed by atoms with Crippen LogP contribution in [0.5, 0.6) is 0 Å². The molecule has 0 nitrogen and oxygen atoms in total. The van der Waals surface area contributed by atoms with Crippen molar-refractivity contribution in [1.82, 2.24) is 0 Å². The Kier molecular flexibility index (Phi) is 3.51. The Bertz CT molecular complexity index is 277. The molecule has 0 saturated heterocycles. The summed E-state index contributed by atoms with van der Waals surface area (Å²) in [5.74, 6) is 0.571. The third kappa shape index (κ3) is 2.73. The second-order valence-electron chi connectivity index (χ2n) is 4.85. The lowest BCUT2D eigenvalue weighted by atomic mass is 9.75. The molecule has 1 rings (SSSR count). The van der Waals surface area contributed by atoms with E-state index in [2.05, 4.69) is 57.7 Å². The fourth-order valence-electron chi connectivity index (χ4n) is 1.84. The molecular weight excluding hydrogens is 168 g/mol. The third-order valence-corrected chi connectivity index (χ3v) is 2.65. The summed E-state index contributed by atoms with van der Waals surface area (Å²) >= 11 is 0. The highest BCUT2D eigenvalue weighted by atomic mass is 14.3. The van der Waals surface area contributed by atoms with E-state index in [0.717, 1.165) is 6.42 Å². The van der Waals surface area contributed by atoms with Crippen molar-refractivity contribution < 1.29 is 0 Å². The number of hydrogen-bond donors (Lipinski definition) is 0. The Labute approximate surface area is 87.7 Å². The lowest BCUT2D eigenvalue weighted by molar-refractivity contribution is 0.321. The van der Waals surface area contributed by atoms with Crippen LogP contribution in [0, 0.1) is 5.41 Å². The molecule has 0 heteroatoms. The van der Waals surface area contributed by atoms with E-state index in [-0.39, 0.29) is 0 Å². The molecule has 0 radical (unpaired) electrons. The van der Waals surface area contributed by atoms with Crippen LogP contribution in [0.25, 0.3) is 0 Å². The number of rotatable bonds is 3.